The van der Waals surface area contributed by atoms with Gasteiger partial charge in [-0.3, -0.25) is 0 Å². The number of benzene rings is 2. The fraction of sp³-hybridized carbons (Fsp3) is 0.414. The second kappa shape index (κ2) is 11.1. The number of hydrogen-bond acceptors (Lipinski definition) is 6. The Morgan fingerprint density at radius 1 is 0.973 bits per heavy atom. The molecule has 1 fully saturated rings. The van der Waals surface area contributed by atoms with Gasteiger partial charge in [-0.25, -0.2) is 9.78 Å². The number of aromatic nitrogens is 2. The van der Waals surface area contributed by atoms with E-state index < -0.39 is 0 Å². The molecule has 8 heteroatoms. The van der Waals surface area contributed by atoms with Crippen LogP contribution in [0.4, 0.5) is 16.4 Å². The molecule has 0 atom stereocenters. The van der Waals surface area contributed by atoms with E-state index in [2.05, 4.69) is 36.2 Å². The molecular weight excluding hydrogens is 466 g/mol. The summed E-state index contributed by atoms with van der Waals surface area (Å²) in [5.41, 5.74) is 3.81. The Labute approximate surface area is 218 Å². The molecule has 2 amide bonds. The quantitative estimate of drug-likeness (QED) is 0.448. The average Bonchev–Trinajstić information content (AvgIpc) is 2.93. The number of methoxy groups -OCH3 is 1. The number of piperidine rings is 1. The molecule has 37 heavy (non-hydrogen) atoms. The van der Waals surface area contributed by atoms with Crippen LogP contribution < -0.4 is 19.7 Å². The number of anilines is 2. The first-order valence-electron chi connectivity index (χ1n) is 13.1. The minimum atomic E-state index is -0.143. The summed E-state index contributed by atoms with van der Waals surface area (Å²) in [6.45, 7) is 7.16. The van der Waals surface area contributed by atoms with Gasteiger partial charge in [0.05, 0.1) is 24.9 Å². The zero-order valence-electron chi connectivity index (χ0n) is 21.9. The van der Waals surface area contributed by atoms with Gasteiger partial charge in [-0.15, -0.1) is 0 Å². The van der Waals surface area contributed by atoms with Gasteiger partial charge in [0.25, 0.3) is 0 Å². The minimum absolute atomic E-state index is 0.143. The zero-order chi connectivity index (χ0) is 25.8. The molecule has 0 spiro atoms. The molecule has 3 aromatic rings. The normalized spacial score (nSPS) is 15.4. The summed E-state index contributed by atoms with van der Waals surface area (Å²) in [5, 5.41) is 3.04. The standard InChI is InChI=1S/C29H35N5O3/c1-20(2)21-10-12-22(13-11-21)30-29(35)34-17-14-26-25(19-34)27(37-24-9-7-8-23(18-24)36-3)32-28(31-26)33-15-5-4-6-16-33/h7-13,18,20H,4-6,14-17,19H2,1-3H3,(H,30,35). The van der Waals surface area contributed by atoms with Crippen LogP contribution >= 0.6 is 0 Å². The molecule has 1 saturated heterocycles. The van der Waals surface area contributed by atoms with Crippen LogP contribution in [0.15, 0.2) is 48.5 Å². The van der Waals surface area contributed by atoms with Gasteiger partial charge in [-0.05, 0) is 55.0 Å². The zero-order valence-corrected chi connectivity index (χ0v) is 21.9. The first kappa shape index (κ1) is 24.9. The number of amides is 2. The summed E-state index contributed by atoms with van der Waals surface area (Å²) in [5.74, 6) is 3.00. The topological polar surface area (TPSA) is 79.8 Å². The number of carbonyl (C=O) groups is 1. The highest BCUT2D eigenvalue weighted by Gasteiger charge is 2.28. The Balaban J connectivity index is 1.40. The lowest BCUT2D eigenvalue weighted by molar-refractivity contribution is 0.205. The van der Waals surface area contributed by atoms with E-state index in [0.29, 0.717) is 48.8 Å². The number of hydrogen-bond donors (Lipinski definition) is 1. The molecule has 8 nitrogen and oxygen atoms in total. The summed E-state index contributed by atoms with van der Waals surface area (Å²) < 4.78 is 11.7. The van der Waals surface area contributed by atoms with Crippen LogP contribution in [0.1, 0.15) is 55.8 Å². The molecule has 3 heterocycles. The van der Waals surface area contributed by atoms with Crippen molar-refractivity contribution in [1.82, 2.24) is 14.9 Å². The number of rotatable bonds is 6. The van der Waals surface area contributed by atoms with Crippen molar-refractivity contribution in [2.75, 3.05) is 37.0 Å². The van der Waals surface area contributed by atoms with E-state index in [4.69, 9.17) is 19.4 Å². The molecule has 2 aromatic carbocycles. The summed E-state index contributed by atoms with van der Waals surface area (Å²) in [7, 11) is 1.63. The minimum Gasteiger partial charge on any atom is -0.497 e. The highest BCUT2D eigenvalue weighted by Crippen LogP contribution is 2.33. The molecule has 0 bridgehead atoms. The number of nitrogens with zero attached hydrogens (tertiary/aromatic N) is 4. The van der Waals surface area contributed by atoms with Crippen molar-refractivity contribution in [3.63, 3.8) is 0 Å². The van der Waals surface area contributed by atoms with Crippen LogP contribution in [0.2, 0.25) is 0 Å². The van der Waals surface area contributed by atoms with E-state index in [1.54, 1.807) is 12.0 Å². The maximum absolute atomic E-state index is 13.2. The van der Waals surface area contributed by atoms with Gasteiger partial charge >= 0.3 is 6.03 Å². The van der Waals surface area contributed by atoms with E-state index in [-0.39, 0.29) is 6.03 Å². The van der Waals surface area contributed by atoms with E-state index in [0.717, 1.165) is 42.9 Å². The SMILES string of the molecule is COc1cccc(Oc2nc(N3CCCCC3)nc3c2CN(C(=O)Nc2ccc(C(C)C)cc2)CC3)c1. The molecule has 194 valence electrons. The Bertz CT molecular complexity index is 1240. The van der Waals surface area contributed by atoms with Gasteiger partial charge < -0.3 is 24.6 Å². The third-order valence-electron chi connectivity index (χ3n) is 7.02. The van der Waals surface area contributed by atoms with Gasteiger partial charge in [-0.1, -0.05) is 32.0 Å². The molecule has 2 aliphatic heterocycles. The molecule has 1 N–H and O–H groups in total. The van der Waals surface area contributed by atoms with Crippen LogP contribution in [-0.4, -0.2) is 47.6 Å². The van der Waals surface area contributed by atoms with Crippen molar-refractivity contribution in [3.05, 3.63) is 65.4 Å². The highest BCUT2D eigenvalue weighted by atomic mass is 16.5. The molecule has 1 aromatic heterocycles. The lowest BCUT2D eigenvalue weighted by atomic mass is 10.0. The van der Waals surface area contributed by atoms with Crippen LogP contribution in [0.3, 0.4) is 0 Å². The molecule has 0 saturated carbocycles. The number of ether oxygens (including phenoxy) is 2. The fourth-order valence-electron chi connectivity index (χ4n) is 4.79. The summed E-state index contributed by atoms with van der Waals surface area (Å²) in [6, 6.07) is 15.4. The van der Waals surface area contributed by atoms with Crippen LogP contribution in [0.25, 0.3) is 0 Å². The number of fused-ring (bicyclic) bond motifs is 1. The summed E-state index contributed by atoms with van der Waals surface area (Å²) in [4.78, 5) is 27.0. The van der Waals surface area contributed by atoms with Crippen molar-refractivity contribution in [3.8, 4) is 17.4 Å². The second-order valence-corrected chi connectivity index (χ2v) is 9.96. The van der Waals surface area contributed by atoms with Crippen molar-refractivity contribution >= 4 is 17.7 Å². The maximum Gasteiger partial charge on any atom is 0.322 e. The van der Waals surface area contributed by atoms with Crippen molar-refractivity contribution in [1.29, 1.82) is 0 Å². The Morgan fingerprint density at radius 3 is 2.46 bits per heavy atom. The Hall–Kier alpha value is -3.81. The maximum atomic E-state index is 13.2. The van der Waals surface area contributed by atoms with Crippen molar-refractivity contribution in [2.24, 2.45) is 0 Å². The molecular formula is C29H35N5O3. The predicted octanol–water partition coefficient (Wildman–Crippen LogP) is 5.98. The molecule has 0 radical (unpaired) electrons. The number of urea groups is 1. The average molecular weight is 502 g/mol. The monoisotopic (exact) mass is 501 g/mol. The van der Waals surface area contributed by atoms with E-state index in [9.17, 15) is 4.79 Å². The smallest absolute Gasteiger partial charge is 0.322 e. The van der Waals surface area contributed by atoms with E-state index >= 15 is 0 Å². The highest BCUT2D eigenvalue weighted by molar-refractivity contribution is 5.89. The first-order valence-corrected chi connectivity index (χ1v) is 13.1. The first-order chi connectivity index (χ1) is 18.0. The van der Waals surface area contributed by atoms with Crippen LogP contribution in [0, 0.1) is 0 Å². The van der Waals surface area contributed by atoms with Crippen molar-refractivity contribution in [2.45, 2.75) is 52.0 Å². The Morgan fingerprint density at radius 2 is 1.73 bits per heavy atom. The van der Waals surface area contributed by atoms with Crippen molar-refractivity contribution < 1.29 is 14.3 Å². The predicted molar refractivity (Wildman–Crippen MR) is 145 cm³/mol. The second-order valence-electron chi connectivity index (χ2n) is 9.96. The van der Waals surface area contributed by atoms with Gasteiger partial charge in [-0.2, -0.15) is 4.98 Å². The molecule has 0 unspecified atom stereocenters. The van der Waals surface area contributed by atoms with E-state index in [1.165, 1.54) is 12.0 Å². The largest absolute Gasteiger partial charge is 0.497 e. The van der Waals surface area contributed by atoms with Gasteiger partial charge in [0.15, 0.2) is 0 Å². The number of carbonyl (C=O) groups excluding carboxylic acids is 1. The third-order valence-corrected chi connectivity index (χ3v) is 7.02. The number of nitrogens with one attached hydrogen (secondary N) is 1. The van der Waals surface area contributed by atoms with Gasteiger partial charge in [0, 0.05) is 37.8 Å². The lowest BCUT2D eigenvalue weighted by Crippen LogP contribution is -2.40. The third kappa shape index (κ3) is 5.79. The summed E-state index contributed by atoms with van der Waals surface area (Å²) in [6.07, 6.45) is 4.16. The summed E-state index contributed by atoms with van der Waals surface area (Å²) >= 11 is 0. The van der Waals surface area contributed by atoms with Gasteiger partial charge in [0.2, 0.25) is 11.8 Å². The van der Waals surface area contributed by atoms with Crippen LogP contribution in [-0.2, 0) is 13.0 Å². The fourth-order valence-corrected chi connectivity index (χ4v) is 4.79. The van der Waals surface area contributed by atoms with Gasteiger partial charge in [0.1, 0.15) is 11.5 Å². The lowest BCUT2D eigenvalue weighted by Gasteiger charge is -2.32. The molecule has 2 aliphatic rings. The van der Waals surface area contributed by atoms with E-state index in [1.807, 2.05) is 36.4 Å². The molecule has 0 aliphatic carbocycles. The van der Waals surface area contributed by atoms with Crippen LogP contribution in [0.5, 0.6) is 17.4 Å². The Kier molecular flexibility index (Phi) is 7.44. The molecule has 5 rings (SSSR count).